The first-order valence-electron chi connectivity index (χ1n) is 9.75. The second kappa shape index (κ2) is 9.65. The van der Waals surface area contributed by atoms with Gasteiger partial charge in [-0.25, -0.2) is 4.79 Å². The fraction of sp³-hybridized carbons (Fsp3) is 0.160. The van der Waals surface area contributed by atoms with Crippen LogP contribution in [0.1, 0.15) is 44.3 Å². The summed E-state index contributed by atoms with van der Waals surface area (Å²) in [6.07, 6.45) is 0.783. The second-order valence-corrected chi connectivity index (χ2v) is 6.86. The molecule has 3 aromatic rings. The Hall–Kier alpha value is -3.73. The van der Waals surface area contributed by atoms with Crippen molar-refractivity contribution in [2.75, 3.05) is 11.9 Å². The summed E-state index contributed by atoms with van der Waals surface area (Å²) in [7, 11) is 0. The molecule has 3 aromatic carbocycles. The first-order chi connectivity index (χ1) is 14.5. The zero-order chi connectivity index (χ0) is 21.5. The van der Waals surface area contributed by atoms with E-state index in [1.54, 1.807) is 36.4 Å². The lowest BCUT2D eigenvalue weighted by atomic mass is 10.0. The number of benzene rings is 3. The van der Waals surface area contributed by atoms with E-state index >= 15 is 0 Å². The number of para-hydroxylation sites is 1. The van der Waals surface area contributed by atoms with Crippen LogP contribution in [0.5, 0.6) is 0 Å². The lowest BCUT2D eigenvalue weighted by Gasteiger charge is -2.13. The first-order valence-corrected chi connectivity index (χ1v) is 9.75. The molecule has 0 spiro atoms. The highest BCUT2D eigenvalue weighted by Crippen LogP contribution is 2.21. The standard InChI is InChI=1S/C25H23NO4/c1-3-18-11-7-8-17(2)23(18)26-22(27)16-30-25(29)21-14-12-20(13-15-21)24(28)19-9-5-4-6-10-19/h4-15H,3,16H2,1-2H3,(H,26,27). The SMILES string of the molecule is CCc1cccc(C)c1NC(=O)COC(=O)c1ccc(C(=O)c2ccccc2)cc1. The van der Waals surface area contributed by atoms with Crippen LogP contribution in [0.4, 0.5) is 5.69 Å². The number of ketones is 1. The fourth-order valence-electron chi connectivity index (χ4n) is 3.11. The average Bonchev–Trinajstić information content (AvgIpc) is 2.79. The van der Waals surface area contributed by atoms with Gasteiger partial charge in [-0.05, 0) is 36.6 Å². The number of anilines is 1. The van der Waals surface area contributed by atoms with E-state index in [0.29, 0.717) is 11.1 Å². The Morgan fingerprint density at radius 2 is 1.43 bits per heavy atom. The van der Waals surface area contributed by atoms with Crippen LogP contribution in [0.25, 0.3) is 0 Å². The highest BCUT2D eigenvalue weighted by Gasteiger charge is 2.14. The van der Waals surface area contributed by atoms with Crippen LogP contribution < -0.4 is 5.32 Å². The summed E-state index contributed by atoms with van der Waals surface area (Å²) in [5.74, 6) is -1.15. The van der Waals surface area contributed by atoms with Crippen molar-refractivity contribution in [2.24, 2.45) is 0 Å². The fourth-order valence-corrected chi connectivity index (χ4v) is 3.11. The minimum Gasteiger partial charge on any atom is -0.452 e. The molecule has 0 saturated carbocycles. The van der Waals surface area contributed by atoms with Crippen LogP contribution in [-0.4, -0.2) is 24.3 Å². The number of carbonyl (C=O) groups is 3. The highest BCUT2D eigenvalue weighted by atomic mass is 16.5. The van der Waals surface area contributed by atoms with Gasteiger partial charge in [-0.2, -0.15) is 0 Å². The van der Waals surface area contributed by atoms with Gasteiger partial charge in [-0.3, -0.25) is 9.59 Å². The Morgan fingerprint density at radius 3 is 2.10 bits per heavy atom. The molecule has 1 amide bonds. The number of carbonyl (C=O) groups excluding carboxylic acids is 3. The molecule has 0 atom stereocenters. The maximum Gasteiger partial charge on any atom is 0.338 e. The van der Waals surface area contributed by atoms with Gasteiger partial charge >= 0.3 is 5.97 Å². The summed E-state index contributed by atoms with van der Waals surface area (Å²) >= 11 is 0. The van der Waals surface area contributed by atoms with Gasteiger partial charge in [0.15, 0.2) is 12.4 Å². The molecule has 152 valence electrons. The Kier molecular flexibility index (Phi) is 6.75. The molecule has 0 fully saturated rings. The minimum absolute atomic E-state index is 0.125. The van der Waals surface area contributed by atoms with Gasteiger partial charge in [-0.15, -0.1) is 0 Å². The molecular formula is C25H23NO4. The van der Waals surface area contributed by atoms with Gasteiger partial charge < -0.3 is 10.1 Å². The number of hydrogen-bond acceptors (Lipinski definition) is 4. The van der Waals surface area contributed by atoms with Gasteiger partial charge in [0.25, 0.3) is 5.91 Å². The molecule has 5 heteroatoms. The highest BCUT2D eigenvalue weighted by molar-refractivity contribution is 6.09. The van der Waals surface area contributed by atoms with Crippen molar-refractivity contribution >= 4 is 23.3 Å². The van der Waals surface area contributed by atoms with Crippen LogP contribution in [0.15, 0.2) is 72.8 Å². The van der Waals surface area contributed by atoms with Gasteiger partial charge in [0.1, 0.15) is 0 Å². The van der Waals surface area contributed by atoms with Crippen LogP contribution in [0.3, 0.4) is 0 Å². The van der Waals surface area contributed by atoms with E-state index in [0.717, 1.165) is 23.2 Å². The van der Waals surface area contributed by atoms with Crippen LogP contribution in [-0.2, 0) is 16.0 Å². The number of aryl methyl sites for hydroxylation is 2. The summed E-state index contributed by atoms with van der Waals surface area (Å²) in [5, 5.41) is 2.82. The Morgan fingerprint density at radius 1 is 0.800 bits per heavy atom. The molecule has 5 nitrogen and oxygen atoms in total. The number of ether oxygens (including phenoxy) is 1. The summed E-state index contributed by atoms with van der Waals surface area (Å²) in [6.45, 7) is 3.54. The smallest absolute Gasteiger partial charge is 0.338 e. The molecule has 0 heterocycles. The third-order valence-electron chi connectivity index (χ3n) is 4.76. The van der Waals surface area contributed by atoms with Gasteiger partial charge in [0.2, 0.25) is 0 Å². The molecular weight excluding hydrogens is 378 g/mol. The molecule has 30 heavy (non-hydrogen) atoms. The van der Waals surface area contributed by atoms with Crippen molar-refractivity contribution in [3.05, 3.63) is 101 Å². The molecule has 3 rings (SSSR count). The largest absolute Gasteiger partial charge is 0.452 e. The first kappa shape index (κ1) is 21.0. The van der Waals surface area contributed by atoms with E-state index < -0.39 is 11.9 Å². The van der Waals surface area contributed by atoms with Crippen molar-refractivity contribution in [2.45, 2.75) is 20.3 Å². The normalized spacial score (nSPS) is 10.3. The molecule has 0 aliphatic rings. The number of nitrogens with one attached hydrogen (secondary N) is 1. The van der Waals surface area contributed by atoms with Crippen molar-refractivity contribution in [3.63, 3.8) is 0 Å². The van der Waals surface area contributed by atoms with Crippen LogP contribution in [0, 0.1) is 6.92 Å². The van der Waals surface area contributed by atoms with E-state index in [-0.39, 0.29) is 18.0 Å². The Labute approximate surface area is 175 Å². The summed E-state index contributed by atoms with van der Waals surface area (Å²) in [6, 6.07) is 20.9. The summed E-state index contributed by atoms with van der Waals surface area (Å²) in [4.78, 5) is 36.9. The van der Waals surface area contributed by atoms with E-state index in [9.17, 15) is 14.4 Å². The second-order valence-electron chi connectivity index (χ2n) is 6.86. The molecule has 0 saturated heterocycles. The van der Waals surface area contributed by atoms with Crippen molar-refractivity contribution in [3.8, 4) is 0 Å². The van der Waals surface area contributed by atoms with Gasteiger partial charge in [0, 0.05) is 16.8 Å². The van der Waals surface area contributed by atoms with E-state index in [1.807, 2.05) is 38.1 Å². The monoisotopic (exact) mass is 401 g/mol. The maximum atomic E-state index is 12.4. The van der Waals surface area contributed by atoms with Gasteiger partial charge in [0.05, 0.1) is 5.56 Å². The van der Waals surface area contributed by atoms with Gasteiger partial charge in [-0.1, -0.05) is 67.6 Å². The van der Waals surface area contributed by atoms with Crippen LogP contribution in [0.2, 0.25) is 0 Å². The number of esters is 1. The quantitative estimate of drug-likeness (QED) is 0.464. The lowest BCUT2D eigenvalue weighted by Crippen LogP contribution is -2.22. The zero-order valence-electron chi connectivity index (χ0n) is 17.0. The van der Waals surface area contributed by atoms with E-state index in [4.69, 9.17) is 4.74 Å². The maximum absolute atomic E-state index is 12.4. The topological polar surface area (TPSA) is 72.5 Å². The molecule has 0 unspecified atom stereocenters. The molecule has 0 aliphatic carbocycles. The Balaban J connectivity index is 1.59. The van der Waals surface area contributed by atoms with E-state index in [1.165, 1.54) is 12.1 Å². The molecule has 0 aromatic heterocycles. The number of hydrogen-bond donors (Lipinski definition) is 1. The van der Waals surface area contributed by atoms with Crippen molar-refractivity contribution < 1.29 is 19.1 Å². The molecule has 0 aliphatic heterocycles. The lowest BCUT2D eigenvalue weighted by molar-refractivity contribution is -0.119. The van der Waals surface area contributed by atoms with Crippen LogP contribution >= 0.6 is 0 Å². The number of rotatable bonds is 7. The van der Waals surface area contributed by atoms with Crippen molar-refractivity contribution in [1.82, 2.24) is 0 Å². The average molecular weight is 401 g/mol. The molecule has 0 radical (unpaired) electrons. The zero-order valence-corrected chi connectivity index (χ0v) is 17.0. The number of amides is 1. The van der Waals surface area contributed by atoms with Crippen molar-refractivity contribution in [1.29, 1.82) is 0 Å². The minimum atomic E-state index is -0.621. The Bertz CT molecular complexity index is 1060. The third kappa shape index (κ3) is 5.00. The molecule has 0 bridgehead atoms. The third-order valence-corrected chi connectivity index (χ3v) is 4.76. The predicted octanol–water partition coefficient (Wildman–Crippen LogP) is 4.58. The van der Waals surface area contributed by atoms with E-state index in [2.05, 4.69) is 5.32 Å². The summed E-state index contributed by atoms with van der Waals surface area (Å²) in [5.41, 5.74) is 4.05. The molecule has 1 N–H and O–H groups in total. The summed E-state index contributed by atoms with van der Waals surface area (Å²) < 4.78 is 5.12. The predicted molar refractivity (Wildman–Crippen MR) is 116 cm³/mol.